The topological polar surface area (TPSA) is 108 Å². The summed E-state index contributed by atoms with van der Waals surface area (Å²) in [6.07, 6.45) is 15.0. The Hall–Kier alpha value is -1.80. The minimum atomic E-state index is -0.187. The van der Waals surface area contributed by atoms with E-state index in [1.165, 1.54) is 32.9 Å². The summed E-state index contributed by atoms with van der Waals surface area (Å²) in [5.74, 6) is 0.204. The molecule has 1 aliphatic heterocycles. The molecule has 0 amide bonds. The van der Waals surface area contributed by atoms with Gasteiger partial charge in [-0.05, 0) is 58.9 Å². The van der Waals surface area contributed by atoms with Gasteiger partial charge in [-0.3, -0.25) is 0 Å². The maximum atomic E-state index is 10.6. The second-order valence-electron chi connectivity index (χ2n) is 7.62. The quantitative estimate of drug-likeness (QED) is 0.263. The molecule has 1 heterocycles. The number of carbonyl (C=O) groups is 2. The van der Waals surface area contributed by atoms with Crippen LogP contribution >= 0.6 is 0 Å². The van der Waals surface area contributed by atoms with E-state index in [0.717, 1.165) is 30.7 Å². The van der Waals surface area contributed by atoms with E-state index in [0.29, 0.717) is 0 Å². The molecule has 1 aliphatic rings. The number of nitrogens with two attached hydrogens (primary N) is 1. The summed E-state index contributed by atoms with van der Waals surface area (Å²) in [6.45, 7) is 16.5. The first kappa shape index (κ1) is 42.4. The standard InChI is InChI=1S/C11H18N2O.C5H12N2.C4H8O.2C3H8.CH5N/c1-10(11(9-14)13-3)7-5-4-6-8-12-2;1-6-5-2-3-7-4-5;1-4(2)3-5;2*1-3-2;1-2/h4-9,11-13H,1-3H3;5-7H,2-4H2,1H3;3-4H,1-2H3;2*3H2,1-2H3;2H2,1H3/b5-4-,8-6+,10-7+;;;;;. The molecule has 0 radical (unpaired) electrons. The zero-order valence-corrected chi connectivity index (χ0v) is 24.2. The fourth-order valence-electron chi connectivity index (χ4n) is 1.83. The molecule has 204 valence electrons. The van der Waals surface area contributed by atoms with Crippen LogP contribution in [-0.4, -0.2) is 65.9 Å². The zero-order chi connectivity index (χ0) is 27.6. The van der Waals surface area contributed by atoms with Crippen molar-refractivity contribution in [1.29, 1.82) is 0 Å². The SMILES string of the molecule is CC(C)C=O.CCC.CCC.CN.CN/C=C/C=C\C=C(/C)C(C=O)NC.CNC1CCNC1. The number of nitrogens with one attached hydrogen (secondary N) is 4. The van der Waals surface area contributed by atoms with E-state index in [-0.39, 0.29) is 12.0 Å². The Morgan fingerprint density at radius 2 is 1.47 bits per heavy atom. The summed E-state index contributed by atoms with van der Waals surface area (Å²) < 4.78 is 0. The van der Waals surface area contributed by atoms with Gasteiger partial charge < -0.3 is 36.6 Å². The van der Waals surface area contributed by atoms with E-state index in [1.54, 1.807) is 7.05 Å². The number of hydrogen-bond acceptors (Lipinski definition) is 7. The van der Waals surface area contributed by atoms with Crippen LogP contribution in [0, 0.1) is 5.92 Å². The molecule has 1 rings (SSSR count). The minimum Gasteiger partial charge on any atom is -0.394 e. The van der Waals surface area contributed by atoms with Crippen molar-refractivity contribution >= 4 is 12.6 Å². The molecule has 0 aromatic rings. The van der Waals surface area contributed by atoms with Crippen LogP contribution in [0.3, 0.4) is 0 Å². The van der Waals surface area contributed by atoms with Crippen LogP contribution in [0.5, 0.6) is 0 Å². The molecule has 0 aromatic heterocycles. The fraction of sp³-hybridized carbons (Fsp3) is 0.704. The van der Waals surface area contributed by atoms with E-state index >= 15 is 0 Å². The molecular formula is C27H59N5O2. The lowest BCUT2D eigenvalue weighted by molar-refractivity contribution is -0.110. The van der Waals surface area contributed by atoms with Crippen LogP contribution in [0.4, 0.5) is 0 Å². The molecule has 6 N–H and O–H groups in total. The summed E-state index contributed by atoms with van der Waals surface area (Å²) in [5.41, 5.74) is 5.50. The van der Waals surface area contributed by atoms with Crippen LogP contribution in [-0.2, 0) is 9.59 Å². The first-order valence-corrected chi connectivity index (χ1v) is 12.5. The first-order chi connectivity index (χ1) is 16.3. The van der Waals surface area contributed by atoms with Crippen molar-refractivity contribution < 1.29 is 9.59 Å². The summed E-state index contributed by atoms with van der Waals surface area (Å²) >= 11 is 0. The van der Waals surface area contributed by atoms with Gasteiger partial charge in [-0.1, -0.05) is 72.6 Å². The van der Waals surface area contributed by atoms with E-state index in [4.69, 9.17) is 0 Å². The number of hydrogen-bond donors (Lipinski definition) is 5. The molecule has 7 heteroatoms. The van der Waals surface area contributed by atoms with Crippen LogP contribution < -0.4 is 27.0 Å². The van der Waals surface area contributed by atoms with Gasteiger partial charge in [0.1, 0.15) is 12.6 Å². The Balaban J connectivity index is -0.000000117. The minimum absolute atomic E-state index is 0.187. The zero-order valence-electron chi connectivity index (χ0n) is 24.2. The Labute approximate surface area is 212 Å². The van der Waals surface area contributed by atoms with Gasteiger partial charge >= 0.3 is 0 Å². The van der Waals surface area contributed by atoms with Crippen molar-refractivity contribution in [1.82, 2.24) is 21.3 Å². The maximum Gasteiger partial charge on any atom is 0.141 e. The van der Waals surface area contributed by atoms with Crippen molar-refractivity contribution in [2.45, 2.75) is 79.8 Å². The molecule has 2 atom stereocenters. The van der Waals surface area contributed by atoms with Crippen LogP contribution in [0.1, 0.15) is 67.7 Å². The highest BCUT2D eigenvalue weighted by molar-refractivity contribution is 5.63. The van der Waals surface area contributed by atoms with Gasteiger partial charge in [-0.2, -0.15) is 0 Å². The number of allylic oxidation sites excluding steroid dienone is 4. The Bertz CT molecular complexity index is 456. The van der Waals surface area contributed by atoms with Gasteiger partial charge in [-0.25, -0.2) is 0 Å². The highest BCUT2D eigenvalue weighted by Crippen LogP contribution is 1.98. The normalized spacial score (nSPS) is 15.1. The van der Waals surface area contributed by atoms with E-state index < -0.39 is 0 Å². The molecule has 0 saturated carbocycles. The van der Waals surface area contributed by atoms with Gasteiger partial charge in [0.25, 0.3) is 0 Å². The Kier molecular flexibility index (Phi) is 51.7. The average molecular weight is 486 g/mol. The van der Waals surface area contributed by atoms with Crippen molar-refractivity contribution in [2.24, 2.45) is 11.7 Å². The lowest BCUT2D eigenvalue weighted by Crippen LogP contribution is -2.27. The maximum absolute atomic E-state index is 10.6. The van der Waals surface area contributed by atoms with Gasteiger partial charge in [0.2, 0.25) is 0 Å². The largest absolute Gasteiger partial charge is 0.394 e. The highest BCUT2D eigenvalue weighted by Gasteiger charge is 2.09. The average Bonchev–Trinajstić information content (AvgIpc) is 3.37. The number of rotatable bonds is 8. The number of carbonyl (C=O) groups excluding carboxylic acids is 2. The van der Waals surface area contributed by atoms with Crippen LogP contribution in [0.2, 0.25) is 0 Å². The predicted octanol–water partition coefficient (Wildman–Crippen LogP) is 3.83. The number of aldehydes is 2. The molecule has 0 bridgehead atoms. The van der Waals surface area contributed by atoms with Crippen LogP contribution in [0.25, 0.3) is 0 Å². The monoisotopic (exact) mass is 485 g/mol. The van der Waals surface area contributed by atoms with Crippen LogP contribution in [0.15, 0.2) is 36.1 Å². The van der Waals surface area contributed by atoms with Crippen molar-refractivity contribution in [3.63, 3.8) is 0 Å². The van der Waals surface area contributed by atoms with Crippen molar-refractivity contribution in [3.8, 4) is 0 Å². The molecule has 0 aromatic carbocycles. The third kappa shape index (κ3) is 44.0. The number of likely N-dealkylation sites (N-methyl/N-ethyl adjacent to an activating group) is 2. The van der Waals surface area contributed by atoms with E-state index in [2.05, 4.69) is 54.7 Å². The fourth-order valence-corrected chi connectivity index (χ4v) is 1.83. The molecule has 2 unspecified atom stereocenters. The molecular weight excluding hydrogens is 426 g/mol. The van der Waals surface area contributed by atoms with Crippen molar-refractivity contribution in [2.75, 3.05) is 41.3 Å². The van der Waals surface area contributed by atoms with Gasteiger partial charge in [0.15, 0.2) is 0 Å². The second kappa shape index (κ2) is 41.5. The summed E-state index contributed by atoms with van der Waals surface area (Å²) in [4.78, 5) is 20.1. The lowest BCUT2D eigenvalue weighted by Gasteiger charge is -2.07. The van der Waals surface area contributed by atoms with E-state index in [1.807, 2.05) is 65.4 Å². The molecule has 34 heavy (non-hydrogen) atoms. The summed E-state index contributed by atoms with van der Waals surface area (Å²) in [7, 11) is 7.12. The molecule has 0 aliphatic carbocycles. The lowest BCUT2D eigenvalue weighted by atomic mass is 10.1. The summed E-state index contributed by atoms with van der Waals surface area (Å²) in [6, 6.07) is 0.549. The van der Waals surface area contributed by atoms with Gasteiger partial charge in [0, 0.05) is 25.6 Å². The molecule has 1 saturated heterocycles. The smallest absolute Gasteiger partial charge is 0.141 e. The Morgan fingerprint density at radius 1 is 0.971 bits per heavy atom. The van der Waals surface area contributed by atoms with Gasteiger partial charge in [-0.15, -0.1) is 0 Å². The third-order valence-corrected chi connectivity index (χ3v) is 3.52. The first-order valence-electron chi connectivity index (χ1n) is 12.5. The van der Waals surface area contributed by atoms with Crippen molar-refractivity contribution in [3.05, 3.63) is 36.1 Å². The summed E-state index contributed by atoms with van der Waals surface area (Å²) in [5, 5.41) is 12.2. The van der Waals surface area contributed by atoms with Gasteiger partial charge in [0.05, 0.1) is 6.04 Å². The highest BCUT2D eigenvalue weighted by atomic mass is 16.1. The third-order valence-electron chi connectivity index (χ3n) is 3.52. The second-order valence-corrected chi connectivity index (χ2v) is 7.62. The molecule has 7 nitrogen and oxygen atoms in total. The van der Waals surface area contributed by atoms with E-state index in [9.17, 15) is 9.59 Å². The molecule has 0 spiro atoms. The predicted molar refractivity (Wildman–Crippen MR) is 153 cm³/mol. The molecule has 1 fully saturated rings. The Morgan fingerprint density at radius 3 is 1.74 bits per heavy atom.